The van der Waals surface area contributed by atoms with Crippen LogP contribution in [-0.2, 0) is 4.79 Å². The maximum absolute atomic E-state index is 11.8. The van der Waals surface area contributed by atoms with Crippen LogP contribution in [-0.4, -0.2) is 5.78 Å². The highest BCUT2D eigenvalue weighted by atomic mass is 16.1. The maximum atomic E-state index is 11.8. The van der Waals surface area contributed by atoms with Crippen molar-refractivity contribution >= 4 is 11.5 Å². The van der Waals surface area contributed by atoms with Gasteiger partial charge in [0.15, 0.2) is 0 Å². The average Bonchev–Trinajstić information content (AvgIpc) is 2.29. The third-order valence-electron chi connectivity index (χ3n) is 3.28. The molecule has 2 rings (SSSR count). The van der Waals surface area contributed by atoms with E-state index in [2.05, 4.69) is 31.3 Å². The number of hydrogen-bond acceptors (Lipinski definition) is 3. The minimum atomic E-state index is -0.118. The van der Waals surface area contributed by atoms with Crippen LogP contribution in [0.25, 0.3) is 0 Å². The molecule has 0 radical (unpaired) electrons. The Balaban J connectivity index is 2.35. The van der Waals surface area contributed by atoms with Gasteiger partial charge in [-0.2, -0.15) is 5.26 Å². The number of para-hydroxylation sites is 1. The van der Waals surface area contributed by atoms with Crippen LogP contribution in [0.4, 0.5) is 5.69 Å². The quantitative estimate of drug-likeness (QED) is 0.878. The summed E-state index contributed by atoms with van der Waals surface area (Å²) >= 11 is 0. The van der Waals surface area contributed by atoms with Crippen molar-refractivity contribution in [2.24, 2.45) is 5.41 Å². The summed E-state index contributed by atoms with van der Waals surface area (Å²) in [6, 6.07) is 7.79. The lowest BCUT2D eigenvalue weighted by molar-refractivity contribution is -0.120. The number of carbonyl (C=O) groups is 1. The summed E-state index contributed by atoms with van der Waals surface area (Å²) in [5.41, 5.74) is 3.20. The van der Waals surface area contributed by atoms with E-state index < -0.39 is 0 Å². The lowest BCUT2D eigenvalue weighted by Crippen LogP contribution is -2.23. The monoisotopic (exact) mass is 254 g/mol. The number of aryl methyl sites for hydroxylation is 1. The zero-order chi connectivity index (χ0) is 14.0. The van der Waals surface area contributed by atoms with Crippen molar-refractivity contribution in [1.82, 2.24) is 0 Å². The molecule has 1 aliphatic rings. The van der Waals surface area contributed by atoms with Gasteiger partial charge in [0.25, 0.3) is 0 Å². The molecular formula is C16H18N2O. The largest absolute Gasteiger partial charge is 0.357 e. The first-order chi connectivity index (χ1) is 8.91. The van der Waals surface area contributed by atoms with E-state index in [1.165, 1.54) is 0 Å². The Kier molecular flexibility index (Phi) is 3.44. The second kappa shape index (κ2) is 4.89. The molecule has 0 fully saturated rings. The van der Waals surface area contributed by atoms with Crippen molar-refractivity contribution in [3.63, 3.8) is 0 Å². The zero-order valence-corrected chi connectivity index (χ0v) is 11.6. The summed E-state index contributed by atoms with van der Waals surface area (Å²) < 4.78 is 0. The molecule has 1 aliphatic carbocycles. The summed E-state index contributed by atoms with van der Waals surface area (Å²) in [6.07, 6.45) is 3.10. The molecule has 1 aromatic carbocycles. The van der Waals surface area contributed by atoms with Crippen LogP contribution in [0, 0.1) is 23.7 Å². The molecule has 0 atom stereocenters. The van der Waals surface area contributed by atoms with Gasteiger partial charge in [0.05, 0.1) is 11.3 Å². The minimum Gasteiger partial charge on any atom is -0.357 e. The molecule has 0 unspecified atom stereocenters. The number of Topliss-reactive ketones (excluding diaryl/α,β-unsaturated/α-hetero) is 1. The van der Waals surface area contributed by atoms with E-state index in [0.717, 1.165) is 16.9 Å². The molecule has 0 spiro atoms. The van der Waals surface area contributed by atoms with Gasteiger partial charge in [-0.05, 0) is 24.0 Å². The number of nitrogens with zero attached hydrogens (tertiary/aromatic N) is 1. The van der Waals surface area contributed by atoms with E-state index >= 15 is 0 Å². The normalized spacial score (nSPS) is 17.6. The molecule has 3 heteroatoms. The molecule has 0 bridgehead atoms. The van der Waals surface area contributed by atoms with Gasteiger partial charge in [-0.1, -0.05) is 32.1 Å². The third kappa shape index (κ3) is 3.03. The van der Waals surface area contributed by atoms with Crippen LogP contribution in [0.15, 0.2) is 30.0 Å². The molecule has 19 heavy (non-hydrogen) atoms. The fourth-order valence-corrected chi connectivity index (χ4v) is 2.52. The standard InChI is InChI=1S/C16H18N2O/c1-11-5-4-6-12(10-17)15(11)18-13-7-14(19)9-16(2,3)8-13/h4-6,8,18H,7,9H2,1-3H3. The minimum absolute atomic E-state index is 0.118. The number of ketones is 1. The lowest BCUT2D eigenvalue weighted by atomic mass is 9.81. The average molecular weight is 254 g/mol. The Bertz CT molecular complexity index is 591. The van der Waals surface area contributed by atoms with Gasteiger partial charge in [-0.15, -0.1) is 0 Å². The van der Waals surface area contributed by atoms with Crippen molar-refractivity contribution < 1.29 is 4.79 Å². The van der Waals surface area contributed by atoms with E-state index in [1.807, 2.05) is 19.1 Å². The van der Waals surface area contributed by atoms with E-state index in [-0.39, 0.29) is 11.2 Å². The Hall–Kier alpha value is -2.08. The molecule has 0 aromatic heterocycles. The van der Waals surface area contributed by atoms with E-state index in [9.17, 15) is 4.79 Å². The lowest BCUT2D eigenvalue weighted by Gasteiger charge is -2.27. The van der Waals surface area contributed by atoms with Crippen LogP contribution in [0.2, 0.25) is 0 Å². The molecule has 1 aromatic rings. The number of benzene rings is 1. The van der Waals surface area contributed by atoms with Crippen molar-refractivity contribution in [2.45, 2.75) is 33.6 Å². The Morgan fingerprint density at radius 1 is 1.37 bits per heavy atom. The van der Waals surface area contributed by atoms with Gasteiger partial charge in [0, 0.05) is 18.5 Å². The number of allylic oxidation sites excluding steroid dienone is 2. The number of rotatable bonds is 2. The summed E-state index contributed by atoms with van der Waals surface area (Å²) in [7, 11) is 0. The summed E-state index contributed by atoms with van der Waals surface area (Å²) in [4.78, 5) is 11.8. The van der Waals surface area contributed by atoms with Crippen LogP contribution in [0.3, 0.4) is 0 Å². The zero-order valence-electron chi connectivity index (χ0n) is 11.6. The van der Waals surface area contributed by atoms with Crippen LogP contribution in [0.1, 0.15) is 37.8 Å². The van der Waals surface area contributed by atoms with Gasteiger partial charge in [-0.25, -0.2) is 0 Å². The summed E-state index contributed by atoms with van der Waals surface area (Å²) in [5.74, 6) is 0.238. The fourth-order valence-electron chi connectivity index (χ4n) is 2.52. The molecule has 1 N–H and O–H groups in total. The first-order valence-electron chi connectivity index (χ1n) is 6.41. The Morgan fingerprint density at radius 3 is 2.74 bits per heavy atom. The van der Waals surface area contributed by atoms with E-state index in [4.69, 9.17) is 5.26 Å². The summed E-state index contributed by atoms with van der Waals surface area (Å²) in [6.45, 7) is 6.06. The van der Waals surface area contributed by atoms with Crippen LogP contribution in [0.5, 0.6) is 0 Å². The number of anilines is 1. The van der Waals surface area contributed by atoms with Crippen LogP contribution >= 0.6 is 0 Å². The highest BCUT2D eigenvalue weighted by Crippen LogP contribution is 2.32. The van der Waals surface area contributed by atoms with Gasteiger partial charge in [-0.3, -0.25) is 4.79 Å². The Labute approximate surface area is 113 Å². The van der Waals surface area contributed by atoms with Gasteiger partial charge < -0.3 is 5.32 Å². The van der Waals surface area contributed by atoms with Gasteiger partial charge in [0.1, 0.15) is 11.9 Å². The number of nitrogens with one attached hydrogen (secondary N) is 1. The molecule has 0 amide bonds. The number of carbonyl (C=O) groups excluding carboxylic acids is 1. The van der Waals surface area contributed by atoms with Gasteiger partial charge >= 0.3 is 0 Å². The third-order valence-corrected chi connectivity index (χ3v) is 3.28. The van der Waals surface area contributed by atoms with Crippen molar-refractivity contribution in [3.8, 4) is 6.07 Å². The second-order valence-electron chi connectivity index (χ2n) is 5.78. The molecule has 0 heterocycles. The first kappa shape index (κ1) is 13.4. The van der Waals surface area contributed by atoms with Crippen molar-refractivity contribution in [1.29, 1.82) is 5.26 Å². The second-order valence-corrected chi connectivity index (χ2v) is 5.78. The fraction of sp³-hybridized carbons (Fsp3) is 0.375. The highest BCUT2D eigenvalue weighted by Gasteiger charge is 2.26. The highest BCUT2D eigenvalue weighted by molar-refractivity contribution is 5.84. The molecular weight excluding hydrogens is 236 g/mol. The number of hydrogen-bond donors (Lipinski definition) is 1. The predicted molar refractivity (Wildman–Crippen MR) is 75.6 cm³/mol. The predicted octanol–water partition coefficient (Wildman–Crippen LogP) is 3.55. The van der Waals surface area contributed by atoms with E-state index in [0.29, 0.717) is 18.4 Å². The molecule has 98 valence electrons. The van der Waals surface area contributed by atoms with E-state index in [1.54, 1.807) is 6.07 Å². The van der Waals surface area contributed by atoms with Crippen molar-refractivity contribution in [2.75, 3.05) is 5.32 Å². The van der Waals surface area contributed by atoms with Crippen molar-refractivity contribution in [3.05, 3.63) is 41.1 Å². The summed E-state index contributed by atoms with van der Waals surface area (Å²) in [5, 5.41) is 12.4. The topological polar surface area (TPSA) is 52.9 Å². The SMILES string of the molecule is Cc1cccc(C#N)c1NC1=CC(C)(C)CC(=O)C1. The van der Waals surface area contributed by atoms with Gasteiger partial charge in [0.2, 0.25) is 0 Å². The first-order valence-corrected chi connectivity index (χ1v) is 6.41. The molecule has 0 saturated heterocycles. The van der Waals surface area contributed by atoms with Crippen LogP contribution < -0.4 is 5.32 Å². The Morgan fingerprint density at radius 2 is 2.11 bits per heavy atom. The molecule has 3 nitrogen and oxygen atoms in total. The molecule has 0 aliphatic heterocycles. The maximum Gasteiger partial charge on any atom is 0.139 e. The molecule has 0 saturated carbocycles. The smallest absolute Gasteiger partial charge is 0.139 e. The number of nitriles is 1.